The van der Waals surface area contributed by atoms with Gasteiger partial charge in [0.25, 0.3) is 0 Å². The Morgan fingerprint density at radius 2 is 1.71 bits per heavy atom. The van der Waals surface area contributed by atoms with Gasteiger partial charge in [-0.2, -0.15) is 0 Å². The van der Waals surface area contributed by atoms with Gasteiger partial charge in [-0.15, -0.1) is 0 Å². The predicted octanol–water partition coefficient (Wildman–Crippen LogP) is 2.74. The number of nitrogens with two attached hydrogens (primary N) is 1. The van der Waals surface area contributed by atoms with Crippen LogP contribution in [-0.4, -0.2) is 17.6 Å². The Bertz CT molecular complexity index is 598. The maximum Gasteiger partial charge on any atom is 0.315 e. The fraction of sp³-hybridized carbons (Fsp3) is 0.235. The zero-order valence-electron chi connectivity index (χ0n) is 11.6. The van der Waals surface area contributed by atoms with Gasteiger partial charge in [0.15, 0.2) is 0 Å². The Morgan fingerprint density at radius 3 is 2.24 bits per heavy atom. The number of hydrogen-bond acceptors (Lipinski definition) is 2. The average Bonchev–Trinajstić information content (AvgIpc) is 2.50. The van der Waals surface area contributed by atoms with Crippen molar-refractivity contribution in [3.63, 3.8) is 0 Å². The van der Waals surface area contributed by atoms with Crippen LogP contribution in [0.4, 0.5) is 4.39 Å². The lowest BCUT2D eigenvalue weighted by atomic mass is 9.76. The normalized spacial score (nSPS) is 13.6. The third-order valence-electron chi connectivity index (χ3n) is 3.84. The molecule has 0 saturated carbocycles. The number of carboxylic acid groups (broad SMARTS) is 1. The fourth-order valence-corrected chi connectivity index (χ4v) is 2.45. The van der Waals surface area contributed by atoms with Crippen molar-refractivity contribution in [2.45, 2.75) is 18.3 Å². The molecule has 0 aromatic heterocycles. The molecular weight excluding hydrogens is 269 g/mol. The van der Waals surface area contributed by atoms with E-state index in [0.717, 1.165) is 5.56 Å². The molecule has 0 heterocycles. The summed E-state index contributed by atoms with van der Waals surface area (Å²) < 4.78 is 13.1. The summed E-state index contributed by atoms with van der Waals surface area (Å²) in [5, 5.41) is 9.65. The number of halogens is 1. The summed E-state index contributed by atoms with van der Waals surface area (Å²) in [6.07, 6.45) is 0.968. The Labute approximate surface area is 123 Å². The summed E-state index contributed by atoms with van der Waals surface area (Å²) in [5.74, 6) is -1.37. The standard InChI is InChI=1S/C17H18FNO2/c18-15-8-6-14(7-9-15)17(12-19,16(20)21)11-10-13-4-2-1-3-5-13/h1-9H,10-12,19H2,(H,20,21). The number of aryl methyl sites for hydroxylation is 1. The summed E-state index contributed by atoms with van der Waals surface area (Å²) in [5.41, 5.74) is 6.17. The predicted molar refractivity (Wildman–Crippen MR) is 79.5 cm³/mol. The van der Waals surface area contributed by atoms with E-state index < -0.39 is 17.2 Å². The number of carboxylic acids is 1. The highest BCUT2D eigenvalue weighted by molar-refractivity contribution is 5.81. The van der Waals surface area contributed by atoms with Crippen LogP contribution in [0.5, 0.6) is 0 Å². The van der Waals surface area contributed by atoms with Crippen molar-refractivity contribution in [2.24, 2.45) is 5.73 Å². The number of rotatable bonds is 6. The van der Waals surface area contributed by atoms with Gasteiger partial charge in [0.1, 0.15) is 11.2 Å². The first-order valence-electron chi connectivity index (χ1n) is 6.82. The van der Waals surface area contributed by atoms with Crippen LogP contribution in [0.3, 0.4) is 0 Å². The summed E-state index contributed by atoms with van der Waals surface area (Å²) in [6.45, 7) is -0.0270. The van der Waals surface area contributed by atoms with Crippen LogP contribution in [0.25, 0.3) is 0 Å². The van der Waals surface area contributed by atoms with Crippen LogP contribution in [0.15, 0.2) is 54.6 Å². The molecule has 0 aliphatic heterocycles. The molecule has 4 heteroatoms. The number of hydrogen-bond donors (Lipinski definition) is 2. The smallest absolute Gasteiger partial charge is 0.315 e. The minimum Gasteiger partial charge on any atom is -0.481 e. The second-order valence-electron chi connectivity index (χ2n) is 5.08. The zero-order chi connectivity index (χ0) is 15.3. The second-order valence-corrected chi connectivity index (χ2v) is 5.08. The van der Waals surface area contributed by atoms with Crippen molar-refractivity contribution < 1.29 is 14.3 Å². The molecule has 0 radical (unpaired) electrons. The first kappa shape index (κ1) is 15.2. The van der Waals surface area contributed by atoms with E-state index in [1.54, 1.807) is 0 Å². The first-order valence-corrected chi connectivity index (χ1v) is 6.82. The monoisotopic (exact) mass is 287 g/mol. The van der Waals surface area contributed by atoms with Crippen LogP contribution >= 0.6 is 0 Å². The molecule has 0 bridgehead atoms. The van der Waals surface area contributed by atoms with E-state index in [9.17, 15) is 14.3 Å². The Kier molecular flexibility index (Phi) is 4.70. The van der Waals surface area contributed by atoms with Crippen LogP contribution in [0.1, 0.15) is 17.5 Å². The molecule has 0 amide bonds. The molecule has 3 N–H and O–H groups in total. The van der Waals surface area contributed by atoms with E-state index in [1.807, 2.05) is 30.3 Å². The largest absolute Gasteiger partial charge is 0.481 e. The van der Waals surface area contributed by atoms with Crippen LogP contribution in [-0.2, 0) is 16.6 Å². The Balaban J connectivity index is 2.29. The SMILES string of the molecule is NCC(CCc1ccccc1)(C(=O)O)c1ccc(F)cc1. The van der Waals surface area contributed by atoms with E-state index >= 15 is 0 Å². The molecule has 0 aliphatic rings. The third-order valence-corrected chi connectivity index (χ3v) is 3.84. The minimum absolute atomic E-state index is 0.0270. The van der Waals surface area contributed by atoms with Crippen molar-refractivity contribution >= 4 is 5.97 Å². The lowest BCUT2D eigenvalue weighted by Gasteiger charge is -2.28. The Morgan fingerprint density at radius 1 is 1.10 bits per heavy atom. The van der Waals surface area contributed by atoms with Crippen molar-refractivity contribution in [3.05, 3.63) is 71.5 Å². The molecule has 1 atom stereocenters. The minimum atomic E-state index is -1.19. The average molecular weight is 287 g/mol. The lowest BCUT2D eigenvalue weighted by molar-refractivity contribution is -0.143. The summed E-state index contributed by atoms with van der Waals surface area (Å²) in [7, 11) is 0. The highest BCUT2D eigenvalue weighted by Gasteiger charge is 2.38. The molecule has 0 aliphatic carbocycles. The molecule has 1 unspecified atom stereocenters. The molecule has 3 nitrogen and oxygen atoms in total. The van der Waals surface area contributed by atoms with Gasteiger partial charge in [0, 0.05) is 6.54 Å². The zero-order valence-corrected chi connectivity index (χ0v) is 11.6. The topological polar surface area (TPSA) is 63.3 Å². The van der Waals surface area contributed by atoms with Crippen LogP contribution in [0, 0.1) is 5.82 Å². The summed E-state index contributed by atoms with van der Waals surface area (Å²) >= 11 is 0. The van der Waals surface area contributed by atoms with Gasteiger partial charge < -0.3 is 10.8 Å². The van der Waals surface area contributed by atoms with Crippen LogP contribution in [0.2, 0.25) is 0 Å². The quantitative estimate of drug-likeness (QED) is 0.858. The molecule has 2 rings (SSSR count). The maximum absolute atomic E-state index is 13.1. The molecule has 0 fully saturated rings. The molecule has 21 heavy (non-hydrogen) atoms. The van der Waals surface area contributed by atoms with Gasteiger partial charge in [-0.05, 0) is 36.1 Å². The van der Waals surface area contributed by atoms with E-state index in [0.29, 0.717) is 18.4 Å². The fourth-order valence-electron chi connectivity index (χ4n) is 2.45. The van der Waals surface area contributed by atoms with E-state index in [2.05, 4.69) is 0 Å². The molecule has 2 aromatic rings. The summed E-state index contributed by atoms with van der Waals surface area (Å²) in [6, 6.07) is 15.2. The highest BCUT2D eigenvalue weighted by atomic mass is 19.1. The maximum atomic E-state index is 13.1. The first-order chi connectivity index (χ1) is 10.1. The van der Waals surface area contributed by atoms with Gasteiger partial charge in [-0.25, -0.2) is 4.39 Å². The highest BCUT2D eigenvalue weighted by Crippen LogP contribution is 2.29. The van der Waals surface area contributed by atoms with Gasteiger partial charge in [-0.3, -0.25) is 4.79 Å². The van der Waals surface area contributed by atoms with Crippen molar-refractivity contribution in [2.75, 3.05) is 6.54 Å². The van der Waals surface area contributed by atoms with E-state index in [-0.39, 0.29) is 6.54 Å². The van der Waals surface area contributed by atoms with Gasteiger partial charge >= 0.3 is 5.97 Å². The van der Waals surface area contributed by atoms with Crippen molar-refractivity contribution in [3.8, 4) is 0 Å². The van der Waals surface area contributed by atoms with Crippen molar-refractivity contribution in [1.82, 2.24) is 0 Å². The Hall–Kier alpha value is -2.20. The van der Waals surface area contributed by atoms with Crippen LogP contribution < -0.4 is 5.73 Å². The summed E-state index contributed by atoms with van der Waals surface area (Å²) in [4.78, 5) is 11.8. The van der Waals surface area contributed by atoms with Gasteiger partial charge in [0.2, 0.25) is 0 Å². The van der Waals surface area contributed by atoms with E-state index in [1.165, 1.54) is 24.3 Å². The molecule has 110 valence electrons. The molecule has 2 aromatic carbocycles. The van der Waals surface area contributed by atoms with Gasteiger partial charge in [-0.1, -0.05) is 42.5 Å². The molecule has 0 spiro atoms. The molecule has 0 saturated heterocycles. The third kappa shape index (κ3) is 3.28. The lowest BCUT2D eigenvalue weighted by Crippen LogP contribution is -2.43. The van der Waals surface area contributed by atoms with Crippen molar-refractivity contribution in [1.29, 1.82) is 0 Å². The second kappa shape index (κ2) is 6.50. The number of aliphatic carboxylic acids is 1. The van der Waals surface area contributed by atoms with E-state index in [4.69, 9.17) is 5.73 Å². The van der Waals surface area contributed by atoms with Gasteiger partial charge in [0.05, 0.1) is 0 Å². The number of carbonyl (C=O) groups is 1. The number of benzene rings is 2. The molecular formula is C17H18FNO2.